The summed E-state index contributed by atoms with van der Waals surface area (Å²) in [5, 5.41) is 12.7. The lowest BCUT2D eigenvalue weighted by atomic mass is 10.0. The average Bonchev–Trinajstić information content (AvgIpc) is 3.03. The lowest BCUT2D eigenvalue weighted by Gasteiger charge is -2.14. The number of benzene rings is 1. The first-order chi connectivity index (χ1) is 7.29. The van der Waals surface area contributed by atoms with Crippen molar-refractivity contribution in [2.45, 2.75) is 31.7 Å². The largest absolute Gasteiger partial charge is 0.508 e. The van der Waals surface area contributed by atoms with E-state index in [0.717, 1.165) is 12.3 Å². The van der Waals surface area contributed by atoms with Gasteiger partial charge >= 0.3 is 0 Å². The smallest absolute Gasteiger partial charge is 0.115 e. The highest BCUT2D eigenvalue weighted by Gasteiger charge is 2.29. The van der Waals surface area contributed by atoms with Crippen molar-refractivity contribution in [3.05, 3.63) is 29.8 Å². The average molecular weight is 205 g/mol. The molecule has 1 saturated carbocycles. The van der Waals surface area contributed by atoms with E-state index in [2.05, 4.69) is 11.4 Å². The molecule has 0 aliphatic heterocycles. The second-order valence-electron chi connectivity index (χ2n) is 4.44. The summed E-state index contributed by atoms with van der Waals surface area (Å²) in [4.78, 5) is 0. The van der Waals surface area contributed by atoms with E-state index in [-0.39, 0.29) is 0 Å². The van der Waals surface area contributed by atoms with Gasteiger partial charge in [-0.3, -0.25) is 0 Å². The molecule has 1 aliphatic carbocycles. The van der Waals surface area contributed by atoms with Gasteiger partial charge in [0, 0.05) is 6.04 Å². The fourth-order valence-electron chi connectivity index (χ4n) is 2.15. The fraction of sp³-hybridized carbons (Fsp3) is 0.538. The normalized spacial score (nSPS) is 17.7. The Morgan fingerprint density at radius 2 is 2.27 bits per heavy atom. The molecule has 2 nitrogen and oxygen atoms in total. The van der Waals surface area contributed by atoms with Crippen LogP contribution < -0.4 is 5.32 Å². The van der Waals surface area contributed by atoms with Gasteiger partial charge in [-0.2, -0.15) is 0 Å². The number of phenols is 1. The third-order valence-electron chi connectivity index (χ3n) is 3.22. The molecule has 0 bridgehead atoms. The third kappa shape index (κ3) is 2.96. The summed E-state index contributed by atoms with van der Waals surface area (Å²) in [5.41, 5.74) is 1.23. The standard InChI is InChI=1S/C13H19NO/c1-14-13(11-6-7-11)8-5-10-3-2-4-12(15)9-10/h2-4,9,11,13-15H,5-8H2,1H3. The van der Waals surface area contributed by atoms with Gasteiger partial charge in [-0.25, -0.2) is 0 Å². The summed E-state index contributed by atoms with van der Waals surface area (Å²) in [7, 11) is 2.05. The number of hydrogen-bond donors (Lipinski definition) is 2. The predicted molar refractivity (Wildman–Crippen MR) is 62.0 cm³/mol. The number of aromatic hydroxyl groups is 1. The van der Waals surface area contributed by atoms with Crippen LogP contribution in [-0.4, -0.2) is 18.2 Å². The molecule has 1 aromatic carbocycles. The van der Waals surface area contributed by atoms with Crippen molar-refractivity contribution in [1.82, 2.24) is 5.32 Å². The van der Waals surface area contributed by atoms with E-state index >= 15 is 0 Å². The van der Waals surface area contributed by atoms with Crippen LogP contribution in [0.3, 0.4) is 0 Å². The fourth-order valence-corrected chi connectivity index (χ4v) is 2.15. The number of rotatable bonds is 5. The summed E-state index contributed by atoms with van der Waals surface area (Å²) in [6.07, 6.45) is 4.98. The lowest BCUT2D eigenvalue weighted by molar-refractivity contribution is 0.464. The zero-order chi connectivity index (χ0) is 10.7. The molecule has 15 heavy (non-hydrogen) atoms. The van der Waals surface area contributed by atoms with E-state index < -0.39 is 0 Å². The molecule has 82 valence electrons. The highest BCUT2D eigenvalue weighted by atomic mass is 16.3. The van der Waals surface area contributed by atoms with Gasteiger partial charge in [0.05, 0.1) is 0 Å². The molecule has 0 heterocycles. The number of nitrogens with one attached hydrogen (secondary N) is 1. The minimum Gasteiger partial charge on any atom is -0.508 e. The minimum absolute atomic E-state index is 0.375. The lowest BCUT2D eigenvalue weighted by Crippen LogP contribution is -2.27. The summed E-state index contributed by atoms with van der Waals surface area (Å²) in [6.45, 7) is 0. The molecule has 2 heteroatoms. The summed E-state index contributed by atoms with van der Waals surface area (Å²) in [5.74, 6) is 1.27. The summed E-state index contributed by atoms with van der Waals surface area (Å²) < 4.78 is 0. The monoisotopic (exact) mass is 205 g/mol. The van der Waals surface area contributed by atoms with Crippen molar-refractivity contribution in [3.63, 3.8) is 0 Å². The molecule has 2 N–H and O–H groups in total. The van der Waals surface area contributed by atoms with Crippen molar-refractivity contribution in [1.29, 1.82) is 0 Å². The van der Waals surface area contributed by atoms with E-state index in [1.807, 2.05) is 19.2 Å². The second-order valence-corrected chi connectivity index (χ2v) is 4.44. The molecule has 2 rings (SSSR count). The Morgan fingerprint density at radius 1 is 1.47 bits per heavy atom. The molecule has 1 fully saturated rings. The number of phenolic OH excluding ortho intramolecular Hbond substituents is 1. The highest BCUT2D eigenvalue weighted by Crippen LogP contribution is 2.34. The quantitative estimate of drug-likeness (QED) is 0.773. The Labute approximate surface area is 91.3 Å². The molecule has 1 aliphatic rings. The molecule has 0 amide bonds. The maximum atomic E-state index is 9.34. The first-order valence-corrected chi connectivity index (χ1v) is 5.75. The number of hydrogen-bond acceptors (Lipinski definition) is 2. The third-order valence-corrected chi connectivity index (χ3v) is 3.22. The van der Waals surface area contributed by atoms with Crippen molar-refractivity contribution >= 4 is 0 Å². The zero-order valence-corrected chi connectivity index (χ0v) is 9.24. The van der Waals surface area contributed by atoms with E-state index in [1.54, 1.807) is 6.07 Å². The van der Waals surface area contributed by atoms with Gasteiger partial charge in [0.1, 0.15) is 5.75 Å². The highest BCUT2D eigenvalue weighted by molar-refractivity contribution is 5.27. The van der Waals surface area contributed by atoms with Gasteiger partial charge in [0.15, 0.2) is 0 Å². The molecular weight excluding hydrogens is 186 g/mol. The van der Waals surface area contributed by atoms with E-state index in [9.17, 15) is 5.11 Å². The van der Waals surface area contributed by atoms with E-state index in [4.69, 9.17) is 0 Å². The minimum atomic E-state index is 0.375. The van der Waals surface area contributed by atoms with Crippen molar-refractivity contribution in [2.75, 3.05) is 7.05 Å². The maximum Gasteiger partial charge on any atom is 0.115 e. The van der Waals surface area contributed by atoms with Crippen LogP contribution >= 0.6 is 0 Å². The van der Waals surface area contributed by atoms with Crippen LogP contribution in [0.1, 0.15) is 24.8 Å². The van der Waals surface area contributed by atoms with Crippen molar-refractivity contribution < 1.29 is 5.11 Å². The Bertz CT molecular complexity index is 320. The van der Waals surface area contributed by atoms with Gasteiger partial charge in [0.25, 0.3) is 0 Å². The van der Waals surface area contributed by atoms with Crippen LogP contribution in [0.5, 0.6) is 5.75 Å². The maximum absolute atomic E-state index is 9.34. The molecule has 0 radical (unpaired) electrons. The molecule has 0 spiro atoms. The SMILES string of the molecule is CNC(CCc1cccc(O)c1)C1CC1. The van der Waals surface area contributed by atoms with Gasteiger partial charge < -0.3 is 10.4 Å². The zero-order valence-electron chi connectivity index (χ0n) is 9.24. The Hall–Kier alpha value is -1.02. The van der Waals surface area contributed by atoms with Crippen molar-refractivity contribution in [2.24, 2.45) is 5.92 Å². The van der Waals surface area contributed by atoms with Crippen molar-refractivity contribution in [3.8, 4) is 5.75 Å². The Kier molecular flexibility index (Phi) is 3.27. The van der Waals surface area contributed by atoms with Gasteiger partial charge in [-0.1, -0.05) is 12.1 Å². The van der Waals surface area contributed by atoms with Gasteiger partial charge in [0.2, 0.25) is 0 Å². The van der Waals surface area contributed by atoms with E-state index in [0.29, 0.717) is 11.8 Å². The van der Waals surface area contributed by atoms with Crippen LogP contribution in [0.2, 0.25) is 0 Å². The van der Waals surface area contributed by atoms with Gasteiger partial charge in [-0.15, -0.1) is 0 Å². The van der Waals surface area contributed by atoms with Crippen LogP contribution in [0.4, 0.5) is 0 Å². The molecule has 1 unspecified atom stereocenters. The number of aryl methyl sites for hydroxylation is 1. The predicted octanol–water partition coefficient (Wildman–Crippen LogP) is 2.32. The van der Waals surface area contributed by atoms with Crippen LogP contribution in [0, 0.1) is 5.92 Å². The Balaban J connectivity index is 1.86. The topological polar surface area (TPSA) is 32.3 Å². The molecule has 1 aromatic rings. The first kappa shape index (κ1) is 10.5. The summed E-state index contributed by atoms with van der Waals surface area (Å²) in [6, 6.07) is 8.24. The molecule has 0 aromatic heterocycles. The van der Waals surface area contributed by atoms with E-state index in [1.165, 1.54) is 24.8 Å². The molecular formula is C13H19NO. The molecule has 1 atom stereocenters. The van der Waals surface area contributed by atoms with Crippen LogP contribution in [0.15, 0.2) is 24.3 Å². The van der Waals surface area contributed by atoms with Crippen LogP contribution in [0.25, 0.3) is 0 Å². The van der Waals surface area contributed by atoms with Gasteiger partial charge in [-0.05, 0) is 56.3 Å². The van der Waals surface area contributed by atoms with Crippen LogP contribution in [-0.2, 0) is 6.42 Å². The molecule has 0 saturated heterocycles. The second kappa shape index (κ2) is 4.67. The first-order valence-electron chi connectivity index (χ1n) is 5.75. The Morgan fingerprint density at radius 3 is 2.87 bits per heavy atom. The summed E-state index contributed by atoms with van der Waals surface area (Å²) >= 11 is 0.